The van der Waals surface area contributed by atoms with Crippen LogP contribution in [0.1, 0.15) is 67.6 Å². The summed E-state index contributed by atoms with van der Waals surface area (Å²) in [5.74, 6) is 0.612. The number of aliphatic imine (C=N–C) groups is 2. The van der Waals surface area contributed by atoms with Gasteiger partial charge < -0.3 is 77.3 Å². The number of piperidine rings is 1. The summed E-state index contributed by atoms with van der Waals surface area (Å²) in [4.78, 5) is 66.3. The summed E-state index contributed by atoms with van der Waals surface area (Å²) in [5, 5.41) is 19.3. The Bertz CT molecular complexity index is 2110. The van der Waals surface area contributed by atoms with Crippen molar-refractivity contribution < 1.29 is 71.3 Å². The molecule has 0 saturated carbocycles. The van der Waals surface area contributed by atoms with Crippen molar-refractivity contribution in [2.75, 3.05) is 131 Å². The molecular formula is C48H75ClN10O15P2. The zero-order valence-corrected chi connectivity index (χ0v) is 45.7. The van der Waals surface area contributed by atoms with Crippen LogP contribution in [0.15, 0.2) is 52.7 Å². The third kappa shape index (κ3) is 24.3. The fraction of sp³-hybridized carbons (Fsp3) is 0.667. The molecule has 0 bridgehead atoms. The number of ether oxygens (including phenoxy) is 9. The van der Waals surface area contributed by atoms with Crippen LogP contribution in [0.3, 0.4) is 0 Å². The van der Waals surface area contributed by atoms with E-state index < -0.39 is 20.6 Å². The van der Waals surface area contributed by atoms with Crippen LogP contribution in [0.4, 0.5) is 5.82 Å². The van der Waals surface area contributed by atoms with E-state index in [1.165, 1.54) is 0 Å². The summed E-state index contributed by atoms with van der Waals surface area (Å²) in [6, 6.07) is 8.16. The van der Waals surface area contributed by atoms with Gasteiger partial charge in [0.1, 0.15) is 29.9 Å². The second kappa shape index (κ2) is 38.5. The molecule has 2 saturated heterocycles. The van der Waals surface area contributed by atoms with Crippen molar-refractivity contribution in [2.24, 2.45) is 9.98 Å². The first kappa shape index (κ1) is 62.8. The number of rotatable bonds is 42. The average Bonchev–Trinajstić information content (AvgIpc) is 4.22. The summed E-state index contributed by atoms with van der Waals surface area (Å²) in [6.07, 6.45) is 6.72. The molecule has 28 heteroatoms. The Morgan fingerprint density at radius 2 is 1.50 bits per heavy atom. The lowest BCUT2D eigenvalue weighted by Gasteiger charge is -2.33. The number of hydrogen-bond acceptors (Lipinski definition) is 20. The van der Waals surface area contributed by atoms with Crippen molar-refractivity contribution in [1.29, 1.82) is 0 Å². The van der Waals surface area contributed by atoms with Crippen LogP contribution in [0.5, 0.6) is 0 Å². The lowest BCUT2D eigenvalue weighted by Crippen LogP contribution is -2.49. The summed E-state index contributed by atoms with van der Waals surface area (Å²) in [6.45, 7) is 12.2. The monoisotopic (exact) mass is 1130 g/mol. The first-order valence-corrected chi connectivity index (χ1v) is 28.5. The predicted octanol–water partition coefficient (Wildman–Crippen LogP) is 3.04. The number of nitrogens with zero attached hydrogens (tertiary/aromatic N) is 8. The van der Waals surface area contributed by atoms with Crippen molar-refractivity contribution in [2.45, 2.75) is 76.1 Å². The van der Waals surface area contributed by atoms with Crippen LogP contribution in [0.2, 0.25) is 0 Å². The zero-order chi connectivity index (χ0) is 53.8. The Labute approximate surface area is 451 Å². The fourth-order valence-electron chi connectivity index (χ4n) is 7.76. The molecule has 424 valence electrons. The van der Waals surface area contributed by atoms with E-state index in [0.717, 1.165) is 6.29 Å². The van der Waals surface area contributed by atoms with Crippen molar-refractivity contribution in [3.05, 3.63) is 59.5 Å². The molecule has 3 aromatic rings. The quantitative estimate of drug-likeness (QED) is 0.0121. The van der Waals surface area contributed by atoms with Gasteiger partial charge in [-0.15, -0.1) is 16.7 Å². The van der Waals surface area contributed by atoms with Gasteiger partial charge in [-0.05, 0) is 38.0 Å². The number of likely N-dealkylation sites (tertiary alicyclic amines) is 1. The second-order valence-electron chi connectivity index (χ2n) is 17.1. The lowest BCUT2D eigenvalue weighted by atomic mass is 10.0. The average molecular weight is 1130 g/mol. The fourth-order valence-corrected chi connectivity index (χ4v) is 9.01. The number of amides is 2. The van der Waals surface area contributed by atoms with Crippen molar-refractivity contribution in [3.8, 4) is 0 Å². The van der Waals surface area contributed by atoms with Gasteiger partial charge in [0, 0.05) is 34.4 Å². The minimum Gasteiger partial charge on any atom is -0.379 e. The zero-order valence-electron chi connectivity index (χ0n) is 43.0. The highest BCUT2D eigenvalue weighted by Gasteiger charge is 2.32. The molecule has 2 fully saturated rings. The molecule has 0 spiro atoms. The highest BCUT2D eigenvalue weighted by atomic mass is 35.5. The Morgan fingerprint density at radius 3 is 2.13 bits per heavy atom. The largest absolute Gasteiger partial charge is 0.379 e. The molecule has 4 unspecified atom stereocenters. The van der Waals surface area contributed by atoms with E-state index in [1.54, 1.807) is 20.5 Å². The Kier molecular flexibility index (Phi) is 31.9. The van der Waals surface area contributed by atoms with E-state index in [4.69, 9.17) is 68.5 Å². The van der Waals surface area contributed by atoms with Crippen LogP contribution < -0.4 is 10.6 Å². The van der Waals surface area contributed by atoms with Gasteiger partial charge in [-0.25, -0.2) is 14.4 Å². The van der Waals surface area contributed by atoms with Gasteiger partial charge in [0.15, 0.2) is 20.4 Å². The van der Waals surface area contributed by atoms with Crippen molar-refractivity contribution >= 4 is 65.3 Å². The molecule has 2 aromatic heterocycles. The van der Waals surface area contributed by atoms with Crippen molar-refractivity contribution in [3.63, 3.8) is 0 Å². The van der Waals surface area contributed by atoms with Gasteiger partial charge >= 0.3 is 0 Å². The third-order valence-electron chi connectivity index (χ3n) is 11.6. The second-order valence-corrected chi connectivity index (χ2v) is 19.9. The molecule has 1 aromatic carbocycles. The number of carbonyl (C=O) groups excluding carboxylic acids is 3. The van der Waals surface area contributed by atoms with Gasteiger partial charge in [0.05, 0.1) is 155 Å². The summed E-state index contributed by atoms with van der Waals surface area (Å²) in [7, 11) is -2.03. The Balaban J connectivity index is 0.882. The minimum absolute atomic E-state index is 0.00929. The number of hydrogen-bond donors (Lipinski definition) is 4. The number of alkyl halides is 1. The first-order chi connectivity index (χ1) is 37.3. The standard InChI is InChI=1S/C48H75ClN10O15P2/c1-50-47-42(32-52-59(47)44-9-8-41(74-44)35-73-75-37-76(63)64)46(51-36-49)54-45(38-6-3-2-4-7-38)48(62)53-39-10-13-57(14-11-39)43(61)12-18-66-21-24-69-28-29-71-30-31-72-34-40-33-58(56-55-40)15-19-67-22-25-70-27-26-68-23-20-65-17-5-16-60/h2-4,6-7,16,32-33,39,41,44-45,63-64,75H,1,5,8-15,17-31,34-37H2,(H,51,54)(H,53,62). The van der Waals surface area contributed by atoms with Gasteiger partial charge in [-0.3, -0.25) is 14.6 Å². The maximum atomic E-state index is 14.1. The van der Waals surface area contributed by atoms with E-state index in [0.29, 0.717) is 186 Å². The normalized spacial score (nSPS) is 16.8. The molecular weight excluding hydrogens is 1050 g/mol. The summed E-state index contributed by atoms with van der Waals surface area (Å²) >= 11 is 6.17. The van der Waals surface area contributed by atoms with E-state index >= 15 is 0 Å². The van der Waals surface area contributed by atoms with Gasteiger partial charge in [0.2, 0.25) is 11.8 Å². The van der Waals surface area contributed by atoms with Crippen molar-refractivity contribution in [1.82, 2.24) is 40.3 Å². The smallest absolute Gasteiger partial charge is 0.247 e. The van der Waals surface area contributed by atoms with E-state index in [9.17, 15) is 14.4 Å². The van der Waals surface area contributed by atoms with Crippen LogP contribution in [0.25, 0.3) is 0 Å². The van der Waals surface area contributed by atoms with Crippen LogP contribution in [-0.4, -0.2) is 213 Å². The van der Waals surface area contributed by atoms with Crippen LogP contribution in [-0.2, 0) is 74.7 Å². The number of halogens is 1. The molecule has 0 radical (unpaired) electrons. The molecule has 2 aliphatic rings. The number of benzene rings is 1. The van der Waals surface area contributed by atoms with E-state index in [1.807, 2.05) is 36.5 Å². The molecule has 2 aliphatic heterocycles. The van der Waals surface area contributed by atoms with Crippen LogP contribution >= 0.6 is 28.8 Å². The first-order valence-electron chi connectivity index (χ1n) is 25.4. The molecule has 0 aliphatic carbocycles. The molecule has 4 atom stereocenters. The Morgan fingerprint density at radius 1 is 0.868 bits per heavy atom. The van der Waals surface area contributed by atoms with E-state index in [-0.39, 0.29) is 57.7 Å². The molecule has 2 amide bonds. The minimum atomic E-state index is -2.00. The summed E-state index contributed by atoms with van der Waals surface area (Å²) in [5.41, 5.74) is 1.90. The van der Waals surface area contributed by atoms with Crippen LogP contribution in [0, 0.1) is 0 Å². The molecule has 4 N–H and O–H groups in total. The molecule has 5 rings (SSSR count). The number of aldehydes is 1. The molecule has 25 nitrogen and oxygen atoms in total. The van der Waals surface area contributed by atoms with Gasteiger partial charge in [0.25, 0.3) is 0 Å². The maximum Gasteiger partial charge on any atom is 0.247 e. The highest BCUT2D eigenvalue weighted by molar-refractivity contribution is 7.58. The van der Waals surface area contributed by atoms with Gasteiger partial charge in [-0.1, -0.05) is 35.5 Å². The van der Waals surface area contributed by atoms with Gasteiger partial charge in [-0.2, -0.15) is 5.10 Å². The number of aromatic nitrogens is 5. The topological polar surface area (TPSA) is 285 Å². The SMILES string of the molecule is C=Nc1c(/C(=N\CCl)NC(C(=O)NC2CCN(C(=O)CCOCCOCCOCCOCc3cn(CCOCCOCCOCCOCCC=O)nn3)CC2)c2ccccc2)cnn1C1CCC(COPCP(O)O)O1. The number of amidine groups is 1. The number of nitrogens with one attached hydrogen (secondary N) is 2. The number of carbonyl (C=O) groups is 3. The Hall–Kier alpha value is -4.01. The third-order valence-corrected chi connectivity index (χ3v) is 13.7. The predicted molar refractivity (Wildman–Crippen MR) is 283 cm³/mol. The molecule has 4 heterocycles. The molecule has 76 heavy (non-hydrogen) atoms. The van der Waals surface area contributed by atoms with E-state index in [2.05, 4.69) is 42.7 Å². The lowest BCUT2D eigenvalue weighted by molar-refractivity contribution is -0.133. The highest BCUT2D eigenvalue weighted by Crippen LogP contribution is 2.36. The maximum absolute atomic E-state index is 14.1. The summed E-state index contributed by atoms with van der Waals surface area (Å²) < 4.78 is 59.3.